The van der Waals surface area contributed by atoms with Crippen LogP contribution in [-0.4, -0.2) is 30.2 Å². The monoisotopic (exact) mass is 282 g/mol. The van der Waals surface area contributed by atoms with Gasteiger partial charge in [0.25, 0.3) is 0 Å². The molecule has 0 bridgehead atoms. The highest BCUT2D eigenvalue weighted by Crippen LogP contribution is 2.50. The summed E-state index contributed by atoms with van der Waals surface area (Å²) in [6, 6.07) is 0.290. The highest BCUT2D eigenvalue weighted by molar-refractivity contribution is 5.89. The summed E-state index contributed by atoms with van der Waals surface area (Å²) in [6.45, 7) is 8.96. The van der Waals surface area contributed by atoms with Gasteiger partial charge in [0.1, 0.15) is 5.54 Å². The average Bonchev–Trinajstić information content (AvgIpc) is 2.40. The Hall–Kier alpha value is -0.610. The molecule has 0 aliphatic heterocycles. The Morgan fingerprint density at radius 3 is 2.55 bits per heavy atom. The van der Waals surface area contributed by atoms with Crippen LogP contribution >= 0.6 is 0 Å². The number of rotatable bonds is 4. The molecule has 20 heavy (non-hydrogen) atoms. The van der Waals surface area contributed by atoms with E-state index in [0.29, 0.717) is 25.0 Å². The molecule has 0 aromatic rings. The molecular formula is C16H30N2O2. The Bertz CT molecular complexity index is 369. The lowest BCUT2D eigenvalue weighted by Gasteiger charge is -2.58. The summed E-state index contributed by atoms with van der Waals surface area (Å²) in [6.07, 6.45) is 5.48. The Balaban J connectivity index is 1.98. The van der Waals surface area contributed by atoms with Gasteiger partial charge < -0.3 is 15.8 Å². The van der Waals surface area contributed by atoms with Crippen LogP contribution in [-0.2, 0) is 9.53 Å². The lowest BCUT2D eigenvalue weighted by atomic mass is 9.54. The quantitative estimate of drug-likeness (QED) is 0.831. The second-order valence-corrected chi connectivity index (χ2v) is 7.18. The minimum Gasteiger partial charge on any atom is -0.378 e. The summed E-state index contributed by atoms with van der Waals surface area (Å²) in [4.78, 5) is 12.6. The van der Waals surface area contributed by atoms with Crippen molar-refractivity contribution in [2.75, 3.05) is 6.61 Å². The molecule has 4 unspecified atom stereocenters. The van der Waals surface area contributed by atoms with Gasteiger partial charge in [0.2, 0.25) is 5.91 Å². The Labute approximate surface area is 122 Å². The predicted molar refractivity (Wildman–Crippen MR) is 80.3 cm³/mol. The van der Waals surface area contributed by atoms with Crippen LogP contribution in [0.1, 0.15) is 59.8 Å². The van der Waals surface area contributed by atoms with Gasteiger partial charge in [-0.25, -0.2) is 0 Å². The molecule has 0 heterocycles. The third-order valence-corrected chi connectivity index (χ3v) is 5.66. The highest BCUT2D eigenvalue weighted by atomic mass is 16.5. The van der Waals surface area contributed by atoms with Crippen LogP contribution in [0, 0.1) is 11.3 Å². The first kappa shape index (κ1) is 15.8. The van der Waals surface area contributed by atoms with Gasteiger partial charge in [-0.2, -0.15) is 0 Å². The first-order valence-electron chi connectivity index (χ1n) is 8.04. The molecule has 1 amide bonds. The number of amides is 1. The van der Waals surface area contributed by atoms with E-state index in [2.05, 4.69) is 12.2 Å². The fourth-order valence-corrected chi connectivity index (χ4v) is 3.65. The van der Waals surface area contributed by atoms with E-state index in [9.17, 15) is 4.79 Å². The molecule has 2 saturated carbocycles. The molecule has 0 spiro atoms. The fraction of sp³-hybridized carbons (Fsp3) is 0.938. The minimum atomic E-state index is -0.788. The van der Waals surface area contributed by atoms with Crippen molar-refractivity contribution in [3.8, 4) is 0 Å². The van der Waals surface area contributed by atoms with Crippen LogP contribution < -0.4 is 11.1 Å². The highest BCUT2D eigenvalue weighted by Gasteiger charge is 2.63. The maximum absolute atomic E-state index is 12.6. The second kappa shape index (κ2) is 5.64. The standard InChI is InChI=1S/C16H30N2O2/c1-5-20-13-10-16(17,15(13,3)4)14(19)18-12-9-7-6-8-11(12)2/h11-13H,5-10,17H2,1-4H3,(H,18,19). The molecule has 0 saturated heterocycles. The van der Waals surface area contributed by atoms with E-state index < -0.39 is 5.54 Å². The van der Waals surface area contributed by atoms with Gasteiger partial charge in [-0.15, -0.1) is 0 Å². The topological polar surface area (TPSA) is 64.3 Å². The lowest BCUT2D eigenvalue weighted by Crippen LogP contribution is -2.76. The average molecular weight is 282 g/mol. The van der Waals surface area contributed by atoms with E-state index in [4.69, 9.17) is 10.5 Å². The van der Waals surface area contributed by atoms with Crippen LogP contribution in [0.15, 0.2) is 0 Å². The molecule has 2 fully saturated rings. The van der Waals surface area contributed by atoms with Crippen LogP contribution in [0.3, 0.4) is 0 Å². The second-order valence-electron chi connectivity index (χ2n) is 7.18. The zero-order valence-corrected chi connectivity index (χ0v) is 13.4. The molecule has 116 valence electrons. The van der Waals surface area contributed by atoms with E-state index in [0.717, 1.165) is 6.42 Å². The molecule has 2 aliphatic carbocycles. The molecule has 2 rings (SSSR count). The third-order valence-electron chi connectivity index (χ3n) is 5.66. The number of hydrogen-bond acceptors (Lipinski definition) is 3. The Morgan fingerprint density at radius 2 is 2.00 bits per heavy atom. The fourth-order valence-electron chi connectivity index (χ4n) is 3.65. The molecule has 4 atom stereocenters. The number of nitrogens with one attached hydrogen (secondary N) is 1. The lowest BCUT2D eigenvalue weighted by molar-refractivity contribution is -0.171. The van der Waals surface area contributed by atoms with E-state index in [-0.39, 0.29) is 17.4 Å². The van der Waals surface area contributed by atoms with Crippen molar-refractivity contribution in [2.24, 2.45) is 17.1 Å². The maximum atomic E-state index is 12.6. The molecular weight excluding hydrogens is 252 g/mol. The number of hydrogen-bond donors (Lipinski definition) is 2. The first-order chi connectivity index (χ1) is 9.33. The molecule has 0 aromatic heterocycles. The van der Waals surface area contributed by atoms with Gasteiger partial charge in [-0.3, -0.25) is 4.79 Å². The van der Waals surface area contributed by atoms with Crippen LogP contribution in [0.2, 0.25) is 0 Å². The molecule has 2 aliphatic rings. The zero-order chi connectivity index (χ0) is 15.0. The van der Waals surface area contributed by atoms with Crippen LogP contribution in [0.4, 0.5) is 0 Å². The van der Waals surface area contributed by atoms with Crippen molar-refractivity contribution in [1.29, 1.82) is 0 Å². The van der Waals surface area contributed by atoms with Gasteiger partial charge in [-0.1, -0.05) is 33.6 Å². The van der Waals surface area contributed by atoms with Crippen molar-refractivity contribution >= 4 is 5.91 Å². The van der Waals surface area contributed by atoms with Gasteiger partial charge >= 0.3 is 0 Å². The normalized spacial score (nSPS) is 40.0. The number of carbonyl (C=O) groups excluding carboxylic acids is 1. The van der Waals surface area contributed by atoms with Crippen molar-refractivity contribution in [3.05, 3.63) is 0 Å². The minimum absolute atomic E-state index is 0.0113. The van der Waals surface area contributed by atoms with Crippen molar-refractivity contribution < 1.29 is 9.53 Å². The third kappa shape index (κ3) is 2.48. The molecule has 0 aromatic carbocycles. The first-order valence-corrected chi connectivity index (χ1v) is 8.04. The Kier molecular flexibility index (Phi) is 4.45. The molecule has 4 heteroatoms. The smallest absolute Gasteiger partial charge is 0.241 e. The van der Waals surface area contributed by atoms with E-state index in [1.165, 1.54) is 19.3 Å². The summed E-state index contributed by atoms with van der Waals surface area (Å²) in [5, 5.41) is 3.21. The molecule has 0 radical (unpaired) electrons. The van der Waals surface area contributed by atoms with Crippen LogP contribution in [0.25, 0.3) is 0 Å². The van der Waals surface area contributed by atoms with Crippen molar-refractivity contribution in [3.63, 3.8) is 0 Å². The SMILES string of the molecule is CCOC1CC(N)(C(=O)NC2CCCCC2C)C1(C)C. The zero-order valence-electron chi connectivity index (χ0n) is 13.4. The van der Waals surface area contributed by atoms with Gasteiger partial charge in [-0.05, 0) is 25.7 Å². The summed E-state index contributed by atoms with van der Waals surface area (Å²) < 4.78 is 5.69. The summed E-state index contributed by atoms with van der Waals surface area (Å²) in [5.41, 5.74) is 5.33. The number of carbonyl (C=O) groups is 1. The van der Waals surface area contributed by atoms with Gasteiger partial charge in [0.05, 0.1) is 6.10 Å². The van der Waals surface area contributed by atoms with E-state index in [1.807, 2.05) is 20.8 Å². The molecule has 4 nitrogen and oxygen atoms in total. The van der Waals surface area contributed by atoms with E-state index >= 15 is 0 Å². The maximum Gasteiger partial charge on any atom is 0.241 e. The summed E-state index contributed by atoms with van der Waals surface area (Å²) >= 11 is 0. The van der Waals surface area contributed by atoms with Crippen molar-refractivity contribution in [2.45, 2.75) is 77.5 Å². The van der Waals surface area contributed by atoms with Crippen LogP contribution in [0.5, 0.6) is 0 Å². The number of nitrogens with two attached hydrogens (primary N) is 1. The van der Waals surface area contributed by atoms with Gasteiger partial charge in [0.15, 0.2) is 0 Å². The largest absolute Gasteiger partial charge is 0.378 e. The summed E-state index contributed by atoms with van der Waals surface area (Å²) in [5.74, 6) is 0.569. The summed E-state index contributed by atoms with van der Waals surface area (Å²) in [7, 11) is 0. The molecule has 3 N–H and O–H groups in total. The number of ether oxygens (including phenoxy) is 1. The Morgan fingerprint density at radius 1 is 1.35 bits per heavy atom. The van der Waals surface area contributed by atoms with Crippen molar-refractivity contribution in [1.82, 2.24) is 5.32 Å². The van der Waals surface area contributed by atoms with E-state index in [1.54, 1.807) is 0 Å². The predicted octanol–water partition coefficient (Wildman–Crippen LogP) is 2.21. The van der Waals surface area contributed by atoms with Gasteiger partial charge in [0, 0.05) is 24.5 Å².